The number of aliphatic imine (C=N–C) groups is 1. The molecule has 0 aliphatic heterocycles. The molecule has 2 aromatic rings. The Balaban J connectivity index is 1.83. The molecule has 0 amide bonds. The van der Waals surface area contributed by atoms with Gasteiger partial charge in [0.1, 0.15) is 5.75 Å². The van der Waals surface area contributed by atoms with Crippen LogP contribution in [0.25, 0.3) is 0 Å². The smallest absolute Gasteiger partial charge is 0.129 e. The van der Waals surface area contributed by atoms with Gasteiger partial charge < -0.3 is 4.74 Å². The van der Waals surface area contributed by atoms with E-state index < -0.39 is 0 Å². The summed E-state index contributed by atoms with van der Waals surface area (Å²) in [5, 5.41) is 2.56. The molecule has 1 aliphatic rings. The molecule has 134 valence electrons. The zero-order valence-corrected chi connectivity index (χ0v) is 16.7. The Kier molecular flexibility index (Phi) is 6.41. The van der Waals surface area contributed by atoms with Crippen molar-refractivity contribution in [3.63, 3.8) is 0 Å². The lowest BCUT2D eigenvalue weighted by atomic mass is 10.0. The lowest BCUT2D eigenvalue weighted by molar-refractivity contribution is 0.276. The third-order valence-electron chi connectivity index (χ3n) is 4.47. The Morgan fingerprint density at radius 1 is 1.15 bits per heavy atom. The molecule has 2 atom stereocenters. The van der Waals surface area contributed by atoms with Crippen molar-refractivity contribution in [1.29, 1.82) is 0 Å². The highest BCUT2D eigenvalue weighted by atomic mass is 31.1. The maximum Gasteiger partial charge on any atom is 0.129 e. The van der Waals surface area contributed by atoms with Gasteiger partial charge in [-0.3, -0.25) is 4.99 Å². The van der Waals surface area contributed by atoms with Gasteiger partial charge in [-0.15, -0.1) is 0 Å². The summed E-state index contributed by atoms with van der Waals surface area (Å²) in [7, 11) is 2.37. The predicted molar refractivity (Wildman–Crippen MR) is 115 cm³/mol. The fourth-order valence-corrected chi connectivity index (χ4v) is 4.38. The van der Waals surface area contributed by atoms with E-state index in [1.165, 1.54) is 27.3 Å². The maximum absolute atomic E-state index is 6.29. The van der Waals surface area contributed by atoms with Crippen molar-refractivity contribution >= 4 is 25.4 Å². The first-order valence-electron chi connectivity index (χ1n) is 9.03. The van der Waals surface area contributed by atoms with Crippen molar-refractivity contribution in [1.82, 2.24) is 0 Å². The molecular weight excluding hydrogens is 337 g/mol. The summed E-state index contributed by atoms with van der Waals surface area (Å²) >= 11 is 0. The topological polar surface area (TPSA) is 21.6 Å². The molecular formula is C23H26NOP. The number of nitrogens with zero attached hydrogens (tertiary/aromatic N) is 1. The molecule has 26 heavy (non-hydrogen) atoms. The van der Waals surface area contributed by atoms with E-state index in [0.717, 1.165) is 18.8 Å². The first-order valence-corrected chi connectivity index (χ1v) is 10.0. The van der Waals surface area contributed by atoms with Crippen LogP contribution in [0.5, 0.6) is 5.75 Å². The zero-order valence-electron chi connectivity index (χ0n) is 15.7. The maximum atomic E-state index is 6.29. The molecule has 0 spiro atoms. The van der Waals surface area contributed by atoms with Crippen molar-refractivity contribution in [2.75, 3.05) is 13.7 Å². The lowest BCUT2D eigenvalue weighted by Gasteiger charge is -2.19. The van der Waals surface area contributed by atoms with Crippen LogP contribution in [0.3, 0.4) is 0 Å². The van der Waals surface area contributed by atoms with Gasteiger partial charge in [0.2, 0.25) is 0 Å². The lowest BCUT2D eigenvalue weighted by Crippen LogP contribution is -2.16. The molecule has 0 heterocycles. The highest BCUT2D eigenvalue weighted by molar-refractivity contribution is 7.56. The summed E-state index contributed by atoms with van der Waals surface area (Å²) in [4.78, 5) is 4.22. The molecule has 2 unspecified atom stereocenters. The van der Waals surface area contributed by atoms with Crippen molar-refractivity contribution in [2.24, 2.45) is 10.9 Å². The minimum atomic E-state index is 0.456. The van der Waals surface area contributed by atoms with Gasteiger partial charge in [0.05, 0.1) is 6.61 Å². The molecule has 1 aliphatic carbocycles. The van der Waals surface area contributed by atoms with Crippen molar-refractivity contribution in [3.8, 4) is 5.75 Å². The number of benzene rings is 2. The molecule has 0 saturated heterocycles. The first-order chi connectivity index (χ1) is 12.7. The third kappa shape index (κ3) is 4.71. The highest BCUT2D eigenvalue weighted by Gasteiger charge is 2.13. The molecule has 0 radical (unpaired) electrons. The molecule has 3 heteroatoms. The van der Waals surface area contributed by atoms with Crippen LogP contribution in [0.15, 0.2) is 65.7 Å². The summed E-state index contributed by atoms with van der Waals surface area (Å²) in [5.74, 6) is 1.49. The number of hydrogen-bond donors (Lipinski definition) is 0. The van der Waals surface area contributed by atoms with Gasteiger partial charge in [-0.25, -0.2) is 0 Å². The van der Waals surface area contributed by atoms with Gasteiger partial charge in [0.15, 0.2) is 0 Å². The van der Waals surface area contributed by atoms with Gasteiger partial charge in [-0.2, -0.15) is 0 Å². The Bertz CT molecular complexity index is 851. The molecule has 0 aromatic heterocycles. The summed E-state index contributed by atoms with van der Waals surface area (Å²) in [6.07, 6.45) is 11.7. The Labute approximate surface area is 158 Å². The highest BCUT2D eigenvalue weighted by Crippen LogP contribution is 2.25. The van der Waals surface area contributed by atoms with Crippen LogP contribution in [0.2, 0.25) is 0 Å². The minimum absolute atomic E-state index is 0.456. The first kappa shape index (κ1) is 18.6. The quantitative estimate of drug-likeness (QED) is 0.547. The molecule has 0 N–H and O–H groups in total. The summed E-state index contributed by atoms with van der Waals surface area (Å²) in [5.41, 5.74) is 3.65. The van der Waals surface area contributed by atoms with Crippen LogP contribution in [-0.4, -0.2) is 19.9 Å². The molecule has 0 fully saturated rings. The van der Waals surface area contributed by atoms with Gasteiger partial charge in [-0.1, -0.05) is 68.8 Å². The Morgan fingerprint density at radius 2 is 2.04 bits per heavy atom. The summed E-state index contributed by atoms with van der Waals surface area (Å²) in [6.45, 7) is 4.97. The average Bonchev–Trinajstić information content (AvgIpc) is 2.64. The van der Waals surface area contributed by atoms with Crippen LogP contribution in [0.4, 0.5) is 0 Å². The molecule has 0 bridgehead atoms. The van der Waals surface area contributed by atoms with E-state index in [1.807, 2.05) is 13.3 Å². The number of rotatable bonds is 6. The number of aryl methyl sites for hydroxylation is 2. The Morgan fingerprint density at radius 3 is 2.81 bits per heavy atom. The second-order valence-corrected chi connectivity index (χ2v) is 8.00. The van der Waals surface area contributed by atoms with E-state index in [-0.39, 0.29) is 0 Å². The van der Waals surface area contributed by atoms with E-state index >= 15 is 0 Å². The van der Waals surface area contributed by atoms with Crippen LogP contribution in [-0.2, 0) is 0 Å². The standard InChI is InChI=1S/C23H26NOP/c1-17-12-13-21(20(14-17)15-24-3)26-22-11-7-8-18(2)23(22)25-16-19-9-5-4-6-10-19/h4-9,11-15,19,26H,10,16H2,1-3H3/b24-15+. The van der Waals surface area contributed by atoms with E-state index in [1.54, 1.807) is 0 Å². The van der Waals surface area contributed by atoms with Gasteiger partial charge in [0.25, 0.3) is 0 Å². The number of hydrogen-bond acceptors (Lipinski definition) is 2. The second kappa shape index (κ2) is 8.96. The van der Waals surface area contributed by atoms with Gasteiger partial charge >= 0.3 is 0 Å². The van der Waals surface area contributed by atoms with Crippen molar-refractivity contribution in [3.05, 3.63) is 77.4 Å². The van der Waals surface area contributed by atoms with Crippen molar-refractivity contribution in [2.45, 2.75) is 20.3 Å². The third-order valence-corrected chi connectivity index (χ3v) is 5.86. The number of para-hydroxylation sites is 1. The van der Waals surface area contributed by atoms with Crippen LogP contribution in [0.1, 0.15) is 23.1 Å². The predicted octanol–water partition coefficient (Wildman–Crippen LogP) is 4.49. The minimum Gasteiger partial charge on any atom is -0.492 e. The van der Waals surface area contributed by atoms with E-state index in [4.69, 9.17) is 4.74 Å². The average molecular weight is 363 g/mol. The van der Waals surface area contributed by atoms with E-state index in [9.17, 15) is 0 Å². The normalized spacial score (nSPS) is 16.8. The number of allylic oxidation sites excluding steroid dienone is 3. The fourth-order valence-electron chi connectivity index (χ4n) is 3.08. The van der Waals surface area contributed by atoms with Gasteiger partial charge in [0, 0.05) is 30.0 Å². The van der Waals surface area contributed by atoms with Crippen LogP contribution in [0, 0.1) is 19.8 Å². The summed E-state index contributed by atoms with van der Waals surface area (Å²) in [6, 6.07) is 13.0. The second-order valence-electron chi connectivity index (χ2n) is 6.67. The number of ether oxygens (including phenoxy) is 1. The zero-order chi connectivity index (χ0) is 18.4. The molecule has 0 saturated carbocycles. The largest absolute Gasteiger partial charge is 0.492 e. The summed E-state index contributed by atoms with van der Waals surface area (Å²) < 4.78 is 6.29. The molecule has 2 nitrogen and oxygen atoms in total. The van der Waals surface area contributed by atoms with Gasteiger partial charge in [-0.05, 0) is 37.2 Å². The van der Waals surface area contributed by atoms with E-state index in [0.29, 0.717) is 14.5 Å². The van der Waals surface area contributed by atoms with E-state index in [2.05, 4.69) is 79.5 Å². The SMILES string of the molecule is C/N=C/c1cc(C)ccc1Pc1cccc(C)c1OCC1C=CC=CC1. The Hall–Kier alpha value is -2.18. The van der Waals surface area contributed by atoms with Crippen LogP contribution >= 0.6 is 8.58 Å². The van der Waals surface area contributed by atoms with Crippen molar-refractivity contribution < 1.29 is 4.74 Å². The molecule has 3 rings (SSSR count). The monoisotopic (exact) mass is 363 g/mol. The molecule has 2 aromatic carbocycles. The van der Waals surface area contributed by atoms with Crippen LogP contribution < -0.4 is 15.3 Å². The fraction of sp³-hybridized carbons (Fsp3) is 0.261.